The van der Waals surface area contributed by atoms with Gasteiger partial charge in [-0.1, -0.05) is 36.4 Å². The molecule has 0 aromatic heterocycles. The topological polar surface area (TPSA) is 83.8 Å². The van der Waals surface area contributed by atoms with Crippen LogP contribution in [0.5, 0.6) is 5.75 Å². The SMILES string of the molecule is Cc1c(C(=O)O)cccc1C(=O)O.FC(F)(F)c1ccc(COc2ccccc2)cc1. The standard InChI is InChI=1S/C14H11F3O.C9H8O4/c15-14(16,17)12-8-6-11(7-9-12)10-18-13-4-2-1-3-5-13;1-5-6(8(10)11)3-2-4-7(5)9(12)13/h1-9H,10H2;2-4H,1H3,(H,10,11)(H,12,13). The second-order valence-electron chi connectivity index (χ2n) is 6.38. The lowest BCUT2D eigenvalue weighted by Crippen LogP contribution is -2.06. The van der Waals surface area contributed by atoms with Crippen LogP contribution in [-0.4, -0.2) is 22.2 Å². The van der Waals surface area contributed by atoms with Gasteiger partial charge in [0.2, 0.25) is 0 Å². The molecule has 3 rings (SSSR count). The molecule has 0 spiro atoms. The molecule has 0 saturated heterocycles. The number of rotatable bonds is 5. The van der Waals surface area contributed by atoms with Gasteiger partial charge in [-0.25, -0.2) is 9.59 Å². The fraction of sp³-hybridized carbons (Fsp3) is 0.130. The summed E-state index contributed by atoms with van der Waals surface area (Å²) in [4.78, 5) is 21.2. The monoisotopic (exact) mass is 432 g/mol. The highest BCUT2D eigenvalue weighted by atomic mass is 19.4. The normalized spacial score (nSPS) is 10.6. The van der Waals surface area contributed by atoms with Crippen molar-refractivity contribution in [2.24, 2.45) is 0 Å². The molecule has 5 nitrogen and oxygen atoms in total. The van der Waals surface area contributed by atoms with E-state index in [1.54, 1.807) is 12.1 Å². The molecule has 0 radical (unpaired) electrons. The van der Waals surface area contributed by atoms with Gasteiger partial charge in [0, 0.05) is 0 Å². The van der Waals surface area contributed by atoms with Crippen molar-refractivity contribution in [3.63, 3.8) is 0 Å². The van der Waals surface area contributed by atoms with E-state index in [4.69, 9.17) is 14.9 Å². The average Bonchev–Trinajstić information content (AvgIpc) is 2.73. The van der Waals surface area contributed by atoms with Crippen molar-refractivity contribution in [2.45, 2.75) is 19.7 Å². The van der Waals surface area contributed by atoms with Crippen LogP contribution in [0.15, 0.2) is 72.8 Å². The molecular weight excluding hydrogens is 413 g/mol. The molecule has 0 aliphatic carbocycles. The molecule has 0 saturated carbocycles. The van der Waals surface area contributed by atoms with E-state index in [1.807, 2.05) is 18.2 Å². The number of aromatic carboxylic acids is 2. The number of benzene rings is 3. The molecule has 31 heavy (non-hydrogen) atoms. The lowest BCUT2D eigenvalue weighted by molar-refractivity contribution is -0.137. The number of carboxylic acids is 2. The lowest BCUT2D eigenvalue weighted by atomic mass is 10.0. The van der Waals surface area contributed by atoms with Gasteiger partial charge in [-0.15, -0.1) is 0 Å². The van der Waals surface area contributed by atoms with E-state index in [0.717, 1.165) is 12.1 Å². The smallest absolute Gasteiger partial charge is 0.416 e. The van der Waals surface area contributed by atoms with Gasteiger partial charge in [-0.05, 0) is 54.4 Å². The van der Waals surface area contributed by atoms with Gasteiger partial charge in [0.25, 0.3) is 0 Å². The molecule has 0 aliphatic rings. The molecule has 0 atom stereocenters. The molecule has 0 unspecified atom stereocenters. The Hall–Kier alpha value is -3.81. The molecule has 162 valence electrons. The number of para-hydroxylation sites is 1. The van der Waals surface area contributed by atoms with Gasteiger partial charge in [0.1, 0.15) is 12.4 Å². The zero-order chi connectivity index (χ0) is 23.0. The van der Waals surface area contributed by atoms with E-state index >= 15 is 0 Å². The summed E-state index contributed by atoms with van der Waals surface area (Å²) in [5.74, 6) is -1.53. The molecule has 0 bridgehead atoms. The van der Waals surface area contributed by atoms with Crippen LogP contribution in [0.1, 0.15) is 37.4 Å². The molecule has 0 amide bonds. The summed E-state index contributed by atoms with van der Waals surface area (Å²) in [6.45, 7) is 1.73. The Kier molecular flexibility index (Phi) is 7.79. The molecule has 0 heterocycles. The predicted octanol–water partition coefficient (Wildman–Crippen LogP) is 5.68. The van der Waals surface area contributed by atoms with Crippen molar-refractivity contribution in [3.8, 4) is 5.75 Å². The first-order chi connectivity index (χ1) is 14.6. The minimum absolute atomic E-state index is 0.0277. The fourth-order valence-electron chi connectivity index (χ4n) is 2.57. The largest absolute Gasteiger partial charge is 0.489 e. The fourth-order valence-corrected chi connectivity index (χ4v) is 2.57. The van der Waals surface area contributed by atoms with Crippen LogP contribution in [0.2, 0.25) is 0 Å². The Morgan fingerprint density at radius 3 is 1.77 bits per heavy atom. The van der Waals surface area contributed by atoms with E-state index in [2.05, 4.69) is 0 Å². The summed E-state index contributed by atoms with van der Waals surface area (Å²) < 4.78 is 42.5. The quantitative estimate of drug-likeness (QED) is 0.542. The Bertz CT molecular complexity index is 997. The van der Waals surface area contributed by atoms with Crippen LogP contribution in [0.3, 0.4) is 0 Å². The van der Waals surface area contributed by atoms with Gasteiger partial charge in [0.05, 0.1) is 16.7 Å². The Labute approximate surface area is 176 Å². The predicted molar refractivity (Wildman–Crippen MR) is 107 cm³/mol. The van der Waals surface area contributed by atoms with E-state index in [1.165, 1.54) is 37.3 Å². The number of hydrogen-bond donors (Lipinski definition) is 2. The second-order valence-corrected chi connectivity index (χ2v) is 6.38. The third-order valence-electron chi connectivity index (χ3n) is 4.22. The van der Waals surface area contributed by atoms with Crippen LogP contribution in [0.4, 0.5) is 13.2 Å². The zero-order valence-electron chi connectivity index (χ0n) is 16.4. The van der Waals surface area contributed by atoms with E-state index in [0.29, 0.717) is 11.3 Å². The summed E-state index contributed by atoms with van der Waals surface area (Å²) in [6, 6.07) is 18.3. The molecule has 3 aromatic carbocycles. The molecular formula is C23H19F3O5. The molecule has 0 fully saturated rings. The highest BCUT2D eigenvalue weighted by molar-refractivity contribution is 5.96. The van der Waals surface area contributed by atoms with Gasteiger partial charge in [-0.3, -0.25) is 0 Å². The van der Waals surface area contributed by atoms with Crippen LogP contribution in [-0.2, 0) is 12.8 Å². The summed E-state index contributed by atoms with van der Waals surface area (Å²) in [5.41, 5.74) is 0.389. The highest BCUT2D eigenvalue weighted by Gasteiger charge is 2.29. The van der Waals surface area contributed by atoms with Gasteiger partial charge >= 0.3 is 18.1 Å². The third-order valence-corrected chi connectivity index (χ3v) is 4.22. The number of hydrogen-bond acceptors (Lipinski definition) is 3. The summed E-state index contributed by atoms with van der Waals surface area (Å²) in [5, 5.41) is 17.4. The Balaban J connectivity index is 0.000000233. The number of ether oxygens (including phenoxy) is 1. The van der Waals surface area contributed by atoms with Crippen LogP contribution < -0.4 is 4.74 Å². The second kappa shape index (κ2) is 10.3. The maximum absolute atomic E-state index is 12.3. The minimum Gasteiger partial charge on any atom is -0.489 e. The number of carbonyl (C=O) groups is 2. The van der Waals surface area contributed by atoms with Crippen LogP contribution >= 0.6 is 0 Å². The molecule has 0 aliphatic heterocycles. The third kappa shape index (κ3) is 6.88. The van der Waals surface area contributed by atoms with Crippen LogP contribution in [0, 0.1) is 6.92 Å². The first-order valence-corrected chi connectivity index (χ1v) is 8.99. The molecule has 8 heteroatoms. The van der Waals surface area contributed by atoms with E-state index in [9.17, 15) is 22.8 Å². The average molecular weight is 432 g/mol. The summed E-state index contributed by atoms with van der Waals surface area (Å²) in [7, 11) is 0. The molecule has 3 aromatic rings. The number of carboxylic acid groups (broad SMARTS) is 2. The lowest BCUT2D eigenvalue weighted by Gasteiger charge is -2.08. The number of alkyl halides is 3. The summed E-state index contributed by atoms with van der Waals surface area (Å²) in [6.07, 6.45) is -4.29. The van der Waals surface area contributed by atoms with Crippen molar-refractivity contribution in [3.05, 3.63) is 101 Å². The van der Waals surface area contributed by atoms with Crippen LogP contribution in [0.25, 0.3) is 0 Å². The first kappa shape index (κ1) is 23.5. The Morgan fingerprint density at radius 1 is 0.806 bits per heavy atom. The van der Waals surface area contributed by atoms with Crippen molar-refractivity contribution in [1.82, 2.24) is 0 Å². The van der Waals surface area contributed by atoms with Gasteiger partial charge in [-0.2, -0.15) is 13.2 Å². The van der Waals surface area contributed by atoms with Crippen molar-refractivity contribution >= 4 is 11.9 Å². The van der Waals surface area contributed by atoms with Crippen molar-refractivity contribution < 1.29 is 37.7 Å². The highest BCUT2D eigenvalue weighted by Crippen LogP contribution is 2.29. The Morgan fingerprint density at radius 2 is 1.32 bits per heavy atom. The maximum Gasteiger partial charge on any atom is 0.416 e. The van der Waals surface area contributed by atoms with Crippen molar-refractivity contribution in [2.75, 3.05) is 0 Å². The number of halogens is 3. The molecule has 2 N–H and O–H groups in total. The van der Waals surface area contributed by atoms with E-state index in [-0.39, 0.29) is 23.3 Å². The maximum atomic E-state index is 12.3. The van der Waals surface area contributed by atoms with Gasteiger partial charge < -0.3 is 14.9 Å². The summed E-state index contributed by atoms with van der Waals surface area (Å²) >= 11 is 0. The van der Waals surface area contributed by atoms with Gasteiger partial charge in [0.15, 0.2) is 0 Å². The van der Waals surface area contributed by atoms with Crippen molar-refractivity contribution in [1.29, 1.82) is 0 Å². The first-order valence-electron chi connectivity index (χ1n) is 8.99. The van der Waals surface area contributed by atoms with E-state index < -0.39 is 23.7 Å². The zero-order valence-corrected chi connectivity index (χ0v) is 16.4. The minimum atomic E-state index is -4.29.